The summed E-state index contributed by atoms with van der Waals surface area (Å²) in [5.74, 6) is 0.856. The summed E-state index contributed by atoms with van der Waals surface area (Å²) in [6.07, 6.45) is 4.65. The number of hydrogen-bond acceptors (Lipinski definition) is 4. The average molecular weight is 536 g/mol. The summed E-state index contributed by atoms with van der Waals surface area (Å²) in [5, 5.41) is 6.21. The van der Waals surface area contributed by atoms with Gasteiger partial charge in [-0.2, -0.15) is 0 Å². The second-order valence-electron chi connectivity index (χ2n) is 6.86. The Kier molecular flexibility index (Phi) is 12.2. The van der Waals surface area contributed by atoms with Gasteiger partial charge in [0, 0.05) is 39.1 Å². The molecule has 0 aromatic heterocycles. The lowest BCUT2D eigenvalue weighted by molar-refractivity contribution is -0.130. The first-order valence-electron chi connectivity index (χ1n) is 10.1. The van der Waals surface area contributed by atoms with E-state index in [9.17, 15) is 13.2 Å². The fourth-order valence-corrected chi connectivity index (χ4v) is 4.30. The molecule has 0 saturated carbocycles. The lowest BCUT2D eigenvalue weighted by Crippen LogP contribution is -2.39. The fraction of sp³-hybridized carbons (Fsp3) is 0.600. The van der Waals surface area contributed by atoms with Gasteiger partial charge in [-0.15, -0.1) is 24.0 Å². The second-order valence-corrected chi connectivity index (χ2v) is 8.97. The van der Waals surface area contributed by atoms with Crippen molar-refractivity contribution in [3.63, 3.8) is 0 Å². The number of guanidine groups is 1. The van der Waals surface area contributed by atoms with Crippen LogP contribution in [-0.2, 0) is 14.6 Å². The number of amides is 1. The highest BCUT2D eigenvalue weighted by Gasteiger charge is 2.16. The monoisotopic (exact) mass is 536 g/mol. The fourth-order valence-electron chi connectivity index (χ4n) is 3.12. The minimum Gasteiger partial charge on any atom is -0.357 e. The third-order valence-corrected chi connectivity index (χ3v) is 6.37. The van der Waals surface area contributed by atoms with Crippen molar-refractivity contribution in [2.45, 2.75) is 43.9 Å². The van der Waals surface area contributed by atoms with E-state index in [-0.39, 0.29) is 42.2 Å². The summed E-state index contributed by atoms with van der Waals surface area (Å²) in [4.78, 5) is 18.8. The summed E-state index contributed by atoms with van der Waals surface area (Å²) < 4.78 is 24.7. The predicted octanol–water partition coefficient (Wildman–Crippen LogP) is 2.43. The number of likely N-dealkylation sites (tertiary alicyclic amines) is 1. The van der Waals surface area contributed by atoms with Gasteiger partial charge in [-0.05, 0) is 38.3 Å². The molecule has 1 amide bonds. The number of sulfone groups is 1. The molecule has 1 aliphatic rings. The zero-order valence-corrected chi connectivity index (χ0v) is 20.2. The number of halogens is 1. The van der Waals surface area contributed by atoms with Crippen molar-refractivity contribution in [3.8, 4) is 0 Å². The lowest BCUT2D eigenvalue weighted by atomic mass is 10.2. The molecule has 9 heteroatoms. The first-order valence-corrected chi connectivity index (χ1v) is 11.8. The molecule has 0 spiro atoms. The molecule has 0 unspecified atom stereocenters. The van der Waals surface area contributed by atoms with E-state index in [4.69, 9.17) is 0 Å². The molecule has 1 aromatic carbocycles. The van der Waals surface area contributed by atoms with Crippen molar-refractivity contribution >= 4 is 45.7 Å². The van der Waals surface area contributed by atoms with Gasteiger partial charge < -0.3 is 15.5 Å². The van der Waals surface area contributed by atoms with Gasteiger partial charge in [0.15, 0.2) is 15.8 Å². The Bertz CT molecular complexity index is 741. The third kappa shape index (κ3) is 9.33. The van der Waals surface area contributed by atoms with Crippen molar-refractivity contribution in [1.82, 2.24) is 15.5 Å². The first kappa shape index (κ1) is 25.7. The Hall–Kier alpha value is -1.36. The number of nitrogens with one attached hydrogen (secondary N) is 2. The molecular formula is C20H33IN4O3S. The van der Waals surface area contributed by atoms with Crippen LogP contribution in [-0.4, -0.2) is 63.7 Å². The molecule has 29 heavy (non-hydrogen) atoms. The molecule has 0 radical (unpaired) electrons. The van der Waals surface area contributed by atoms with Crippen LogP contribution in [0.1, 0.15) is 39.0 Å². The van der Waals surface area contributed by atoms with Gasteiger partial charge in [0.25, 0.3) is 0 Å². The molecule has 0 aliphatic carbocycles. The van der Waals surface area contributed by atoms with Gasteiger partial charge in [0.05, 0.1) is 10.6 Å². The van der Waals surface area contributed by atoms with E-state index >= 15 is 0 Å². The van der Waals surface area contributed by atoms with E-state index < -0.39 is 9.84 Å². The van der Waals surface area contributed by atoms with Crippen molar-refractivity contribution < 1.29 is 13.2 Å². The van der Waals surface area contributed by atoms with E-state index in [1.165, 1.54) is 0 Å². The maximum Gasteiger partial charge on any atom is 0.222 e. The Morgan fingerprint density at radius 3 is 2.62 bits per heavy atom. The topological polar surface area (TPSA) is 90.9 Å². The molecule has 1 saturated heterocycles. The Morgan fingerprint density at radius 2 is 1.90 bits per heavy atom. The largest absolute Gasteiger partial charge is 0.357 e. The molecule has 1 fully saturated rings. The Balaban J connectivity index is 0.00000420. The zero-order chi connectivity index (χ0) is 20.2. The van der Waals surface area contributed by atoms with Crippen LogP contribution in [0.25, 0.3) is 0 Å². The number of aliphatic imine (C=N–C) groups is 1. The summed E-state index contributed by atoms with van der Waals surface area (Å²) >= 11 is 0. The summed E-state index contributed by atoms with van der Waals surface area (Å²) in [7, 11) is -3.31. The third-order valence-electron chi connectivity index (χ3n) is 4.64. The highest BCUT2D eigenvalue weighted by Crippen LogP contribution is 2.11. The predicted molar refractivity (Wildman–Crippen MR) is 128 cm³/mol. The average Bonchev–Trinajstić information content (AvgIpc) is 2.90. The zero-order valence-electron chi connectivity index (χ0n) is 17.1. The lowest BCUT2D eigenvalue weighted by Gasteiger charge is -2.20. The minimum atomic E-state index is -3.31. The van der Waals surface area contributed by atoms with Crippen molar-refractivity contribution in [1.29, 1.82) is 0 Å². The van der Waals surface area contributed by atoms with Crippen molar-refractivity contribution in [3.05, 3.63) is 30.3 Å². The number of rotatable bonds is 9. The van der Waals surface area contributed by atoms with E-state index in [0.717, 1.165) is 38.8 Å². The number of carbonyl (C=O) groups is 1. The van der Waals surface area contributed by atoms with Crippen LogP contribution in [0, 0.1) is 0 Å². The number of carbonyl (C=O) groups excluding carboxylic acids is 1. The molecule has 7 nitrogen and oxygen atoms in total. The molecule has 2 rings (SSSR count). The van der Waals surface area contributed by atoms with Crippen LogP contribution in [0.2, 0.25) is 0 Å². The molecular weight excluding hydrogens is 503 g/mol. The minimum absolute atomic E-state index is 0. The molecule has 1 aromatic rings. The number of hydrogen-bond donors (Lipinski definition) is 2. The summed E-state index contributed by atoms with van der Waals surface area (Å²) in [5.41, 5.74) is 0. The molecule has 1 heterocycles. The van der Waals surface area contributed by atoms with Crippen LogP contribution >= 0.6 is 24.0 Å². The van der Waals surface area contributed by atoms with Gasteiger partial charge in [-0.25, -0.2) is 8.42 Å². The number of benzene rings is 1. The van der Waals surface area contributed by atoms with Crippen LogP contribution in [0.5, 0.6) is 0 Å². The molecule has 0 bridgehead atoms. The van der Waals surface area contributed by atoms with Gasteiger partial charge in [0.2, 0.25) is 5.91 Å². The first-order chi connectivity index (χ1) is 13.5. The van der Waals surface area contributed by atoms with Crippen LogP contribution in [0.3, 0.4) is 0 Å². The van der Waals surface area contributed by atoms with E-state index in [1.807, 2.05) is 11.8 Å². The van der Waals surface area contributed by atoms with Crippen molar-refractivity contribution in [2.24, 2.45) is 4.99 Å². The second kappa shape index (κ2) is 13.8. The normalized spacial score (nSPS) is 15.4. The SMILES string of the molecule is CCNC(=NCCCN1CCCCCC1=O)NCCS(=O)(=O)c1ccccc1.I. The molecule has 1 aliphatic heterocycles. The highest BCUT2D eigenvalue weighted by atomic mass is 127. The maximum atomic E-state index is 12.3. The van der Waals surface area contributed by atoms with Gasteiger partial charge in [-0.3, -0.25) is 9.79 Å². The Labute approximate surface area is 191 Å². The van der Waals surface area contributed by atoms with E-state index in [2.05, 4.69) is 15.6 Å². The standard InChI is InChI=1S/C20H32N4O3S.HI/c1-2-21-20(22-13-9-16-24-15-8-4-7-12-19(24)25)23-14-17-28(26,27)18-10-5-3-6-11-18;/h3,5-6,10-11H,2,4,7-9,12-17H2,1H3,(H2,21,22,23);1H. The Morgan fingerprint density at radius 1 is 1.14 bits per heavy atom. The van der Waals surface area contributed by atoms with Gasteiger partial charge in [0.1, 0.15) is 0 Å². The smallest absolute Gasteiger partial charge is 0.222 e. The summed E-state index contributed by atoms with van der Waals surface area (Å²) in [6.45, 7) is 5.11. The van der Waals surface area contributed by atoms with Crippen LogP contribution in [0.15, 0.2) is 40.2 Å². The summed E-state index contributed by atoms with van der Waals surface area (Å²) in [6, 6.07) is 8.46. The molecule has 164 valence electrons. The van der Waals surface area contributed by atoms with Crippen molar-refractivity contribution in [2.75, 3.05) is 38.5 Å². The van der Waals surface area contributed by atoms with E-state index in [1.54, 1.807) is 30.3 Å². The van der Waals surface area contributed by atoms with Gasteiger partial charge in [-0.1, -0.05) is 24.6 Å². The molecule has 0 atom stereocenters. The van der Waals surface area contributed by atoms with Gasteiger partial charge >= 0.3 is 0 Å². The van der Waals surface area contributed by atoms with E-state index in [0.29, 0.717) is 30.4 Å². The van der Waals surface area contributed by atoms with Crippen LogP contribution in [0.4, 0.5) is 0 Å². The highest BCUT2D eigenvalue weighted by molar-refractivity contribution is 14.0. The number of nitrogens with zero attached hydrogens (tertiary/aromatic N) is 2. The molecule has 2 N–H and O–H groups in total. The quantitative estimate of drug-likeness (QED) is 0.219. The maximum absolute atomic E-state index is 12.3. The van der Waals surface area contributed by atoms with Crippen LogP contribution < -0.4 is 10.6 Å².